The second kappa shape index (κ2) is 11.3. The van der Waals surface area contributed by atoms with E-state index in [2.05, 4.69) is 10.6 Å². The maximum absolute atomic E-state index is 12.8. The van der Waals surface area contributed by atoms with E-state index in [-0.39, 0.29) is 36.9 Å². The highest BCUT2D eigenvalue weighted by molar-refractivity contribution is 5.95. The molecule has 3 rings (SSSR count). The third kappa shape index (κ3) is 6.24. The molecule has 1 aromatic rings. The average molecular weight is 459 g/mol. The molecule has 1 aromatic carbocycles. The number of ether oxygens (including phenoxy) is 3. The molecule has 0 saturated carbocycles. The van der Waals surface area contributed by atoms with Crippen molar-refractivity contribution in [3.63, 3.8) is 0 Å². The van der Waals surface area contributed by atoms with E-state index in [0.717, 1.165) is 19.3 Å². The number of rotatable bonds is 8. The smallest absolute Gasteiger partial charge is 0.338 e. The Morgan fingerprint density at radius 3 is 2.55 bits per heavy atom. The van der Waals surface area contributed by atoms with Crippen LogP contribution in [0.15, 0.2) is 35.5 Å². The second-order valence-electron chi connectivity index (χ2n) is 7.70. The number of hydrogen-bond donors (Lipinski definition) is 2. The molecule has 10 heteroatoms. The van der Waals surface area contributed by atoms with Crippen LogP contribution in [-0.4, -0.2) is 62.2 Å². The quantitative estimate of drug-likeness (QED) is 0.568. The molecule has 0 unspecified atom stereocenters. The standard InChI is InChI=1S/C23H29N3O7/c1-3-32-22(29)20-17(14-33-19(28)13-26-12-6-4-5-7-18(26)27)24-23(30)25-21(20)15-8-10-16(31-2)11-9-15/h8-11,21H,3-7,12-14H2,1-2H3,(H2,24,25,30)/t21-/m0/s1. The summed E-state index contributed by atoms with van der Waals surface area (Å²) in [6.45, 7) is 1.80. The van der Waals surface area contributed by atoms with E-state index in [9.17, 15) is 19.2 Å². The number of benzene rings is 1. The SMILES string of the molecule is CCOC(=O)C1=C(COC(=O)CN2CCCCCC2=O)NC(=O)N[C@H]1c1ccc(OC)cc1. The van der Waals surface area contributed by atoms with Crippen LogP contribution in [0, 0.1) is 0 Å². The normalized spacial score (nSPS) is 18.7. The van der Waals surface area contributed by atoms with Gasteiger partial charge in [0.15, 0.2) is 0 Å². The third-order valence-electron chi connectivity index (χ3n) is 5.47. The van der Waals surface area contributed by atoms with E-state index in [0.29, 0.717) is 24.3 Å². The second-order valence-corrected chi connectivity index (χ2v) is 7.70. The van der Waals surface area contributed by atoms with E-state index < -0.39 is 24.0 Å². The zero-order valence-corrected chi connectivity index (χ0v) is 18.8. The van der Waals surface area contributed by atoms with Crippen LogP contribution in [0.5, 0.6) is 5.75 Å². The van der Waals surface area contributed by atoms with Gasteiger partial charge >= 0.3 is 18.0 Å². The first kappa shape index (κ1) is 24.1. The zero-order chi connectivity index (χ0) is 23.8. The van der Waals surface area contributed by atoms with Crippen molar-refractivity contribution in [3.05, 3.63) is 41.1 Å². The average Bonchev–Trinajstić information content (AvgIpc) is 3.01. The summed E-state index contributed by atoms with van der Waals surface area (Å²) in [6.07, 6.45) is 3.00. The molecule has 33 heavy (non-hydrogen) atoms. The minimum Gasteiger partial charge on any atom is -0.497 e. The molecule has 1 atom stereocenters. The van der Waals surface area contributed by atoms with Gasteiger partial charge in [-0.1, -0.05) is 18.6 Å². The van der Waals surface area contributed by atoms with Crippen molar-refractivity contribution < 1.29 is 33.4 Å². The van der Waals surface area contributed by atoms with Crippen LogP contribution in [0.3, 0.4) is 0 Å². The van der Waals surface area contributed by atoms with E-state index in [1.165, 1.54) is 12.0 Å². The van der Waals surface area contributed by atoms with Gasteiger partial charge in [-0.2, -0.15) is 0 Å². The highest BCUT2D eigenvalue weighted by atomic mass is 16.5. The van der Waals surface area contributed by atoms with Gasteiger partial charge in [0.25, 0.3) is 0 Å². The Hall–Kier alpha value is -3.56. The highest BCUT2D eigenvalue weighted by Gasteiger charge is 2.34. The number of hydrogen-bond acceptors (Lipinski definition) is 7. The maximum Gasteiger partial charge on any atom is 0.338 e. The fourth-order valence-corrected chi connectivity index (χ4v) is 3.79. The summed E-state index contributed by atoms with van der Waals surface area (Å²) >= 11 is 0. The van der Waals surface area contributed by atoms with Crippen LogP contribution < -0.4 is 15.4 Å². The lowest BCUT2D eigenvalue weighted by Gasteiger charge is -2.29. The molecular weight excluding hydrogens is 430 g/mol. The van der Waals surface area contributed by atoms with E-state index in [4.69, 9.17) is 14.2 Å². The molecule has 3 amide bonds. The minimum atomic E-state index is -0.801. The lowest BCUT2D eigenvalue weighted by atomic mass is 9.95. The Morgan fingerprint density at radius 1 is 1.09 bits per heavy atom. The molecule has 1 saturated heterocycles. The molecule has 2 heterocycles. The predicted molar refractivity (Wildman–Crippen MR) is 117 cm³/mol. The molecule has 0 radical (unpaired) electrons. The van der Waals surface area contributed by atoms with Gasteiger partial charge < -0.3 is 29.7 Å². The Balaban J connectivity index is 1.80. The van der Waals surface area contributed by atoms with Crippen LogP contribution in [-0.2, 0) is 23.9 Å². The largest absolute Gasteiger partial charge is 0.497 e. The van der Waals surface area contributed by atoms with Gasteiger partial charge in [0.2, 0.25) is 5.91 Å². The topological polar surface area (TPSA) is 123 Å². The molecule has 0 bridgehead atoms. The van der Waals surface area contributed by atoms with Gasteiger partial charge in [0, 0.05) is 13.0 Å². The van der Waals surface area contributed by atoms with Crippen molar-refractivity contribution in [3.8, 4) is 5.75 Å². The van der Waals surface area contributed by atoms with Crippen molar-refractivity contribution >= 4 is 23.9 Å². The van der Waals surface area contributed by atoms with Crippen molar-refractivity contribution in [2.24, 2.45) is 0 Å². The van der Waals surface area contributed by atoms with Gasteiger partial charge in [0.1, 0.15) is 18.9 Å². The zero-order valence-electron chi connectivity index (χ0n) is 18.8. The summed E-state index contributed by atoms with van der Waals surface area (Å²) in [7, 11) is 1.54. The molecule has 10 nitrogen and oxygen atoms in total. The number of urea groups is 1. The van der Waals surface area contributed by atoms with E-state index >= 15 is 0 Å². The molecule has 178 valence electrons. The summed E-state index contributed by atoms with van der Waals surface area (Å²) in [6, 6.07) is 5.53. The monoisotopic (exact) mass is 459 g/mol. The Bertz CT molecular complexity index is 926. The summed E-state index contributed by atoms with van der Waals surface area (Å²) in [5.41, 5.74) is 0.904. The van der Waals surface area contributed by atoms with Crippen LogP contribution in [0.1, 0.15) is 44.2 Å². The van der Waals surface area contributed by atoms with Gasteiger partial charge in [-0.25, -0.2) is 9.59 Å². The Labute approximate surface area is 192 Å². The molecular formula is C23H29N3O7. The molecule has 0 aromatic heterocycles. The number of amides is 3. The highest BCUT2D eigenvalue weighted by Crippen LogP contribution is 2.29. The summed E-state index contributed by atoms with van der Waals surface area (Å²) in [4.78, 5) is 51.1. The lowest BCUT2D eigenvalue weighted by molar-refractivity contribution is -0.148. The van der Waals surface area contributed by atoms with Gasteiger partial charge in [0.05, 0.1) is 31.0 Å². The number of nitrogens with zero attached hydrogens (tertiary/aromatic N) is 1. The van der Waals surface area contributed by atoms with Gasteiger partial charge in [-0.05, 0) is 37.5 Å². The van der Waals surface area contributed by atoms with Crippen molar-refractivity contribution in [2.75, 3.05) is 33.4 Å². The number of nitrogens with one attached hydrogen (secondary N) is 2. The molecule has 2 N–H and O–H groups in total. The number of likely N-dealkylation sites (tertiary alicyclic amines) is 1. The fraction of sp³-hybridized carbons (Fsp3) is 0.478. The first-order chi connectivity index (χ1) is 15.9. The van der Waals surface area contributed by atoms with Crippen LogP contribution in [0.2, 0.25) is 0 Å². The number of methoxy groups -OCH3 is 1. The van der Waals surface area contributed by atoms with Crippen LogP contribution in [0.25, 0.3) is 0 Å². The first-order valence-corrected chi connectivity index (χ1v) is 11.0. The third-order valence-corrected chi connectivity index (χ3v) is 5.47. The van der Waals surface area contributed by atoms with Crippen LogP contribution >= 0.6 is 0 Å². The van der Waals surface area contributed by atoms with Crippen molar-refractivity contribution in [1.82, 2.24) is 15.5 Å². The van der Waals surface area contributed by atoms with Gasteiger partial charge in [-0.3, -0.25) is 9.59 Å². The maximum atomic E-state index is 12.8. The van der Waals surface area contributed by atoms with Crippen molar-refractivity contribution in [2.45, 2.75) is 38.6 Å². The molecule has 0 aliphatic carbocycles. The lowest BCUT2D eigenvalue weighted by Crippen LogP contribution is -2.47. The molecule has 0 spiro atoms. The number of esters is 2. The number of carbonyl (C=O) groups is 4. The van der Waals surface area contributed by atoms with Crippen LogP contribution in [0.4, 0.5) is 4.79 Å². The first-order valence-electron chi connectivity index (χ1n) is 11.0. The van der Waals surface area contributed by atoms with Gasteiger partial charge in [-0.15, -0.1) is 0 Å². The molecule has 2 aliphatic rings. The Morgan fingerprint density at radius 2 is 1.85 bits per heavy atom. The predicted octanol–water partition coefficient (Wildman–Crippen LogP) is 1.81. The van der Waals surface area contributed by atoms with E-state index in [1.807, 2.05) is 0 Å². The summed E-state index contributed by atoms with van der Waals surface area (Å²) in [5, 5.41) is 5.26. The van der Waals surface area contributed by atoms with E-state index in [1.54, 1.807) is 31.2 Å². The fourth-order valence-electron chi connectivity index (χ4n) is 3.79. The molecule has 1 fully saturated rings. The Kier molecular flexibility index (Phi) is 8.28. The minimum absolute atomic E-state index is 0.0781. The molecule has 2 aliphatic heterocycles. The number of carbonyl (C=O) groups excluding carboxylic acids is 4. The summed E-state index contributed by atoms with van der Waals surface area (Å²) < 4.78 is 15.7. The van der Waals surface area contributed by atoms with Crippen molar-refractivity contribution in [1.29, 1.82) is 0 Å². The summed E-state index contributed by atoms with van der Waals surface area (Å²) in [5.74, 6) is -0.710.